The molecule has 0 bridgehead atoms. The first-order valence-electron chi connectivity index (χ1n) is 7.29. The zero-order valence-corrected chi connectivity index (χ0v) is 11.7. The van der Waals surface area contributed by atoms with E-state index in [0.717, 1.165) is 25.2 Å². The molecule has 1 aliphatic rings. The zero-order valence-electron chi connectivity index (χ0n) is 11.7. The summed E-state index contributed by atoms with van der Waals surface area (Å²) in [5.74, 6) is -0.0222. The predicted molar refractivity (Wildman–Crippen MR) is 77.5 cm³/mol. The molecule has 1 amide bonds. The Kier molecular flexibility index (Phi) is 5.19. The second-order valence-corrected chi connectivity index (χ2v) is 5.09. The van der Waals surface area contributed by atoms with Gasteiger partial charge in [-0.15, -0.1) is 0 Å². The topological polar surface area (TPSA) is 45.2 Å². The molecule has 19 heavy (non-hydrogen) atoms. The molecule has 0 unspecified atom stereocenters. The molecule has 1 N–H and O–H groups in total. The van der Waals surface area contributed by atoms with Crippen LogP contribution in [-0.4, -0.2) is 30.5 Å². The van der Waals surface area contributed by atoms with Crippen molar-refractivity contribution < 1.29 is 4.79 Å². The van der Waals surface area contributed by atoms with E-state index < -0.39 is 0 Å². The van der Waals surface area contributed by atoms with E-state index in [0.29, 0.717) is 12.1 Å². The Morgan fingerprint density at radius 2 is 2.00 bits per heavy atom. The monoisotopic (exact) mass is 261 g/mol. The number of aromatic nitrogens is 1. The molecule has 1 fully saturated rings. The van der Waals surface area contributed by atoms with Gasteiger partial charge in [0.05, 0.1) is 17.4 Å². The fourth-order valence-electron chi connectivity index (χ4n) is 2.39. The summed E-state index contributed by atoms with van der Waals surface area (Å²) in [6, 6.07) is 1.96. The first kappa shape index (κ1) is 13.8. The van der Waals surface area contributed by atoms with E-state index in [9.17, 15) is 4.79 Å². The van der Waals surface area contributed by atoms with E-state index in [2.05, 4.69) is 15.2 Å². The molecule has 0 atom stereocenters. The van der Waals surface area contributed by atoms with Crippen molar-refractivity contribution in [2.45, 2.75) is 39.0 Å². The smallest absolute Gasteiger partial charge is 0.252 e. The summed E-state index contributed by atoms with van der Waals surface area (Å²) in [5, 5.41) is 2.89. The summed E-state index contributed by atoms with van der Waals surface area (Å²) >= 11 is 0. The lowest BCUT2D eigenvalue weighted by atomic mass is 10.2. The molecule has 0 aliphatic carbocycles. The van der Waals surface area contributed by atoms with Crippen LogP contribution < -0.4 is 10.2 Å². The van der Waals surface area contributed by atoms with Gasteiger partial charge in [-0.05, 0) is 25.3 Å². The average Bonchev–Trinajstić information content (AvgIpc) is 2.74. The fraction of sp³-hybridized carbons (Fsp3) is 0.600. The number of hydrogen-bond acceptors (Lipinski definition) is 3. The van der Waals surface area contributed by atoms with Crippen LogP contribution in [0.3, 0.4) is 0 Å². The lowest BCUT2D eigenvalue weighted by Gasteiger charge is -2.22. The minimum atomic E-state index is -0.0222. The average molecular weight is 261 g/mol. The van der Waals surface area contributed by atoms with Gasteiger partial charge in [-0.2, -0.15) is 0 Å². The number of anilines is 1. The van der Waals surface area contributed by atoms with E-state index in [1.165, 1.54) is 25.7 Å². The van der Waals surface area contributed by atoms with Gasteiger partial charge >= 0.3 is 0 Å². The van der Waals surface area contributed by atoms with E-state index >= 15 is 0 Å². The molecule has 0 saturated carbocycles. The largest absolute Gasteiger partial charge is 0.370 e. The number of amides is 1. The molecule has 1 saturated heterocycles. The van der Waals surface area contributed by atoms with Crippen LogP contribution in [0.25, 0.3) is 0 Å². The van der Waals surface area contributed by atoms with Crippen LogP contribution in [0.1, 0.15) is 49.4 Å². The van der Waals surface area contributed by atoms with Crippen molar-refractivity contribution >= 4 is 11.6 Å². The van der Waals surface area contributed by atoms with Gasteiger partial charge in [-0.1, -0.05) is 19.8 Å². The van der Waals surface area contributed by atoms with Crippen LogP contribution in [0.15, 0.2) is 18.5 Å². The van der Waals surface area contributed by atoms with E-state index in [1.807, 2.05) is 19.2 Å². The minimum absolute atomic E-state index is 0.0222. The number of carbonyl (C=O) groups excluding carboxylic acids is 1. The van der Waals surface area contributed by atoms with Gasteiger partial charge in [-0.3, -0.25) is 9.78 Å². The number of pyridine rings is 1. The van der Waals surface area contributed by atoms with Crippen LogP contribution >= 0.6 is 0 Å². The Balaban J connectivity index is 2.07. The molecule has 0 spiro atoms. The molecular formula is C15H23N3O. The van der Waals surface area contributed by atoms with Crippen LogP contribution in [0.5, 0.6) is 0 Å². The number of hydrogen-bond donors (Lipinski definition) is 1. The van der Waals surface area contributed by atoms with Crippen molar-refractivity contribution in [3.8, 4) is 0 Å². The van der Waals surface area contributed by atoms with Gasteiger partial charge in [-0.25, -0.2) is 0 Å². The Hall–Kier alpha value is -1.58. The maximum absolute atomic E-state index is 11.9. The summed E-state index contributed by atoms with van der Waals surface area (Å²) < 4.78 is 0. The second kappa shape index (κ2) is 7.12. The lowest BCUT2D eigenvalue weighted by Crippen LogP contribution is -2.26. The molecule has 1 aromatic heterocycles. The van der Waals surface area contributed by atoms with Crippen LogP contribution in [0.4, 0.5) is 5.69 Å². The Morgan fingerprint density at radius 3 is 2.68 bits per heavy atom. The van der Waals surface area contributed by atoms with Gasteiger partial charge in [0, 0.05) is 25.8 Å². The Morgan fingerprint density at radius 1 is 1.26 bits per heavy atom. The van der Waals surface area contributed by atoms with Gasteiger partial charge in [0.25, 0.3) is 5.91 Å². The lowest BCUT2D eigenvalue weighted by molar-refractivity contribution is 0.0953. The summed E-state index contributed by atoms with van der Waals surface area (Å²) in [6.07, 6.45) is 9.53. The van der Waals surface area contributed by atoms with Crippen molar-refractivity contribution in [1.82, 2.24) is 10.3 Å². The van der Waals surface area contributed by atoms with Gasteiger partial charge < -0.3 is 10.2 Å². The molecule has 4 nitrogen and oxygen atoms in total. The maximum Gasteiger partial charge on any atom is 0.252 e. The van der Waals surface area contributed by atoms with E-state index in [4.69, 9.17) is 0 Å². The zero-order chi connectivity index (χ0) is 13.5. The highest BCUT2D eigenvalue weighted by atomic mass is 16.1. The van der Waals surface area contributed by atoms with Crippen molar-refractivity contribution in [1.29, 1.82) is 0 Å². The molecule has 1 aromatic rings. The third kappa shape index (κ3) is 3.94. The fourth-order valence-corrected chi connectivity index (χ4v) is 2.39. The molecular weight excluding hydrogens is 238 g/mol. The van der Waals surface area contributed by atoms with E-state index in [-0.39, 0.29) is 5.91 Å². The van der Waals surface area contributed by atoms with Crippen LogP contribution in [0, 0.1) is 0 Å². The third-order valence-electron chi connectivity index (χ3n) is 3.49. The second-order valence-electron chi connectivity index (χ2n) is 5.09. The standard InChI is InChI=1S/C15H23N3O/c1-2-7-17-15(19)13-10-14(12-16-11-13)18-8-5-3-4-6-9-18/h10-12H,2-9H2,1H3,(H,17,19). The summed E-state index contributed by atoms with van der Waals surface area (Å²) in [6.45, 7) is 4.91. The van der Waals surface area contributed by atoms with Crippen LogP contribution in [-0.2, 0) is 0 Å². The normalized spacial score (nSPS) is 15.9. The van der Waals surface area contributed by atoms with Crippen molar-refractivity contribution in [2.24, 2.45) is 0 Å². The minimum Gasteiger partial charge on any atom is -0.370 e. The highest BCUT2D eigenvalue weighted by Gasteiger charge is 2.12. The molecule has 2 heterocycles. The highest BCUT2D eigenvalue weighted by molar-refractivity contribution is 5.94. The molecule has 104 valence electrons. The van der Waals surface area contributed by atoms with Crippen molar-refractivity contribution in [3.63, 3.8) is 0 Å². The molecule has 0 aromatic carbocycles. The first-order valence-corrected chi connectivity index (χ1v) is 7.29. The van der Waals surface area contributed by atoms with Gasteiger partial charge in [0.1, 0.15) is 0 Å². The maximum atomic E-state index is 11.9. The third-order valence-corrected chi connectivity index (χ3v) is 3.49. The number of rotatable bonds is 4. The molecule has 1 aliphatic heterocycles. The number of nitrogens with zero attached hydrogens (tertiary/aromatic N) is 2. The van der Waals surface area contributed by atoms with Crippen molar-refractivity contribution in [2.75, 3.05) is 24.5 Å². The highest BCUT2D eigenvalue weighted by Crippen LogP contribution is 2.19. The van der Waals surface area contributed by atoms with Gasteiger partial charge in [0.15, 0.2) is 0 Å². The quantitative estimate of drug-likeness (QED) is 0.906. The predicted octanol–water partition coefficient (Wildman–Crippen LogP) is 2.60. The Labute approximate surface area is 115 Å². The van der Waals surface area contributed by atoms with Gasteiger partial charge in [0.2, 0.25) is 0 Å². The van der Waals surface area contributed by atoms with Crippen molar-refractivity contribution in [3.05, 3.63) is 24.0 Å². The SMILES string of the molecule is CCCNC(=O)c1cncc(N2CCCCCC2)c1. The Bertz CT molecular complexity index is 412. The summed E-state index contributed by atoms with van der Waals surface area (Å²) in [4.78, 5) is 18.5. The van der Waals surface area contributed by atoms with E-state index in [1.54, 1.807) is 6.20 Å². The first-order chi connectivity index (χ1) is 9.31. The van der Waals surface area contributed by atoms with Crippen LogP contribution in [0.2, 0.25) is 0 Å². The molecule has 4 heteroatoms. The number of nitrogens with one attached hydrogen (secondary N) is 1. The molecule has 2 rings (SSSR count). The summed E-state index contributed by atoms with van der Waals surface area (Å²) in [5.41, 5.74) is 1.74. The summed E-state index contributed by atoms with van der Waals surface area (Å²) in [7, 11) is 0. The number of carbonyl (C=O) groups is 1. The molecule has 0 radical (unpaired) electrons.